The van der Waals surface area contributed by atoms with Gasteiger partial charge in [-0.25, -0.2) is 9.97 Å². The van der Waals surface area contributed by atoms with Crippen LogP contribution in [0.15, 0.2) is 66.9 Å². The van der Waals surface area contributed by atoms with Crippen LogP contribution < -0.4 is 5.32 Å². The number of hydrogen-bond donors (Lipinski definition) is 2. The second kappa shape index (κ2) is 8.56. The molecule has 3 rings (SSSR count). The highest BCUT2D eigenvalue weighted by Gasteiger charge is 2.21. The highest BCUT2D eigenvalue weighted by Crippen LogP contribution is 2.28. The first-order valence-corrected chi connectivity index (χ1v) is 9.06. The summed E-state index contributed by atoms with van der Waals surface area (Å²) in [5, 5.41) is 13.7. The molecule has 1 heterocycles. The maximum atomic E-state index is 12.3. The number of aliphatic hydroxyl groups excluding tert-OH is 1. The minimum absolute atomic E-state index is 0.138. The molecule has 2 atom stereocenters. The normalized spacial score (nSPS) is 13.0. The third kappa shape index (κ3) is 4.38. The Labute approximate surface area is 159 Å². The van der Waals surface area contributed by atoms with E-state index < -0.39 is 6.10 Å². The van der Waals surface area contributed by atoms with Gasteiger partial charge in [0.2, 0.25) is 5.91 Å². The summed E-state index contributed by atoms with van der Waals surface area (Å²) in [6.07, 6.45) is 1.34. The highest BCUT2D eigenvalue weighted by molar-refractivity contribution is 5.92. The summed E-state index contributed by atoms with van der Waals surface area (Å²) in [5.41, 5.74) is 2.56. The van der Waals surface area contributed by atoms with Crippen LogP contribution in [0.4, 0.5) is 5.82 Å². The molecule has 138 valence electrons. The molecule has 0 spiro atoms. The van der Waals surface area contributed by atoms with E-state index >= 15 is 0 Å². The van der Waals surface area contributed by atoms with Gasteiger partial charge in [-0.1, -0.05) is 74.5 Å². The first-order valence-electron chi connectivity index (χ1n) is 9.06. The molecule has 5 nitrogen and oxygen atoms in total. The molecule has 0 aliphatic carbocycles. The van der Waals surface area contributed by atoms with Crippen LogP contribution in [0.3, 0.4) is 0 Å². The Kier molecular flexibility index (Phi) is 5.94. The molecule has 0 saturated heterocycles. The molecular weight excluding hydrogens is 338 g/mol. The second-order valence-electron chi connectivity index (χ2n) is 6.47. The Morgan fingerprint density at radius 2 is 1.70 bits per heavy atom. The Morgan fingerprint density at radius 3 is 2.33 bits per heavy atom. The lowest BCUT2D eigenvalue weighted by atomic mass is 10.0. The second-order valence-corrected chi connectivity index (χ2v) is 6.47. The van der Waals surface area contributed by atoms with Crippen molar-refractivity contribution in [3.63, 3.8) is 0 Å². The van der Waals surface area contributed by atoms with E-state index in [1.54, 1.807) is 6.20 Å². The van der Waals surface area contributed by atoms with Crippen LogP contribution in [0.2, 0.25) is 0 Å². The average molecular weight is 361 g/mol. The number of rotatable bonds is 6. The van der Waals surface area contributed by atoms with Crippen molar-refractivity contribution in [1.29, 1.82) is 0 Å². The Hall–Kier alpha value is -3.05. The third-order valence-corrected chi connectivity index (χ3v) is 4.54. The number of nitrogens with one attached hydrogen (secondary N) is 1. The Balaban J connectivity index is 2.03. The summed E-state index contributed by atoms with van der Waals surface area (Å²) in [6, 6.07) is 18.9. The maximum absolute atomic E-state index is 12.3. The molecule has 1 aromatic heterocycles. The average Bonchev–Trinajstić information content (AvgIpc) is 2.74. The fraction of sp³-hybridized carbons (Fsp3) is 0.227. The number of nitrogens with zero attached hydrogens (tertiary/aromatic N) is 2. The van der Waals surface area contributed by atoms with Crippen molar-refractivity contribution in [3.8, 4) is 11.3 Å². The van der Waals surface area contributed by atoms with Crippen LogP contribution in [-0.2, 0) is 4.79 Å². The standard InChI is InChI=1S/C22H23N3O2/c1-3-15(2)22(27)25-21-19(20(26)17-12-8-5-9-13-17)24-18(14-23-21)16-10-6-4-7-11-16/h4-15,20,26H,3H2,1-2H3,(H,23,25,27). The van der Waals surface area contributed by atoms with Crippen molar-refractivity contribution < 1.29 is 9.90 Å². The van der Waals surface area contributed by atoms with Crippen molar-refractivity contribution in [2.45, 2.75) is 26.4 Å². The van der Waals surface area contributed by atoms with Gasteiger partial charge in [-0.2, -0.15) is 0 Å². The smallest absolute Gasteiger partial charge is 0.228 e. The van der Waals surface area contributed by atoms with Crippen LogP contribution in [0.1, 0.15) is 37.6 Å². The number of benzene rings is 2. The molecule has 0 bridgehead atoms. The molecule has 5 heteroatoms. The fourth-order valence-corrected chi connectivity index (χ4v) is 2.66. The number of hydrogen-bond acceptors (Lipinski definition) is 4. The van der Waals surface area contributed by atoms with Crippen LogP contribution in [0, 0.1) is 5.92 Å². The van der Waals surface area contributed by atoms with Gasteiger partial charge in [-0.05, 0) is 12.0 Å². The van der Waals surface area contributed by atoms with E-state index in [1.807, 2.05) is 74.5 Å². The predicted molar refractivity (Wildman–Crippen MR) is 106 cm³/mol. The molecule has 2 N–H and O–H groups in total. The van der Waals surface area contributed by atoms with Gasteiger partial charge in [0, 0.05) is 11.5 Å². The summed E-state index contributed by atoms with van der Waals surface area (Å²) in [7, 11) is 0. The van der Waals surface area contributed by atoms with Crippen LogP contribution in [0.5, 0.6) is 0 Å². The lowest BCUT2D eigenvalue weighted by Gasteiger charge is -2.17. The van der Waals surface area contributed by atoms with Crippen LogP contribution in [0.25, 0.3) is 11.3 Å². The van der Waals surface area contributed by atoms with Gasteiger partial charge < -0.3 is 10.4 Å². The summed E-state index contributed by atoms with van der Waals surface area (Å²) < 4.78 is 0. The number of amides is 1. The van der Waals surface area contributed by atoms with E-state index in [2.05, 4.69) is 15.3 Å². The predicted octanol–water partition coefficient (Wildman–Crippen LogP) is 4.21. The van der Waals surface area contributed by atoms with Gasteiger partial charge in [0.05, 0.1) is 11.9 Å². The van der Waals surface area contributed by atoms with E-state index in [-0.39, 0.29) is 17.6 Å². The summed E-state index contributed by atoms with van der Waals surface area (Å²) in [5.74, 6) is -0.000532. The topological polar surface area (TPSA) is 75.1 Å². The minimum Gasteiger partial charge on any atom is -0.382 e. The van der Waals surface area contributed by atoms with Crippen LogP contribution >= 0.6 is 0 Å². The Bertz CT molecular complexity index is 898. The molecular formula is C22H23N3O2. The molecule has 3 aromatic rings. The third-order valence-electron chi connectivity index (χ3n) is 4.54. The van der Waals surface area contributed by atoms with E-state index in [4.69, 9.17) is 0 Å². The molecule has 27 heavy (non-hydrogen) atoms. The molecule has 2 unspecified atom stereocenters. The largest absolute Gasteiger partial charge is 0.382 e. The molecule has 1 amide bonds. The first kappa shape index (κ1) is 18.7. The van der Waals surface area contributed by atoms with Gasteiger partial charge in [-0.3, -0.25) is 4.79 Å². The van der Waals surface area contributed by atoms with E-state index in [0.717, 1.165) is 12.0 Å². The SMILES string of the molecule is CCC(C)C(=O)Nc1ncc(-c2ccccc2)nc1C(O)c1ccccc1. The van der Waals surface area contributed by atoms with E-state index in [9.17, 15) is 9.90 Å². The lowest BCUT2D eigenvalue weighted by Crippen LogP contribution is -2.22. The number of aromatic nitrogens is 2. The van der Waals surface area contributed by atoms with E-state index in [1.165, 1.54) is 0 Å². The molecule has 0 fully saturated rings. The molecule has 0 aliphatic rings. The maximum Gasteiger partial charge on any atom is 0.228 e. The molecule has 0 aliphatic heterocycles. The van der Waals surface area contributed by atoms with Crippen LogP contribution in [-0.4, -0.2) is 21.0 Å². The van der Waals surface area contributed by atoms with E-state index in [0.29, 0.717) is 17.0 Å². The van der Waals surface area contributed by atoms with Crippen molar-refractivity contribution in [1.82, 2.24) is 9.97 Å². The summed E-state index contributed by atoms with van der Waals surface area (Å²) in [4.78, 5) is 21.4. The molecule has 0 saturated carbocycles. The number of anilines is 1. The first-order chi connectivity index (χ1) is 13.1. The molecule has 0 radical (unpaired) electrons. The molecule has 2 aromatic carbocycles. The zero-order valence-electron chi connectivity index (χ0n) is 15.5. The lowest BCUT2D eigenvalue weighted by molar-refractivity contribution is -0.119. The monoisotopic (exact) mass is 361 g/mol. The van der Waals surface area contributed by atoms with Crippen molar-refractivity contribution >= 4 is 11.7 Å². The summed E-state index contributed by atoms with van der Waals surface area (Å²) in [6.45, 7) is 3.81. The van der Waals surface area contributed by atoms with Gasteiger partial charge in [-0.15, -0.1) is 0 Å². The van der Waals surface area contributed by atoms with Crippen molar-refractivity contribution in [2.24, 2.45) is 5.92 Å². The number of aliphatic hydroxyl groups is 1. The minimum atomic E-state index is -0.991. The fourth-order valence-electron chi connectivity index (χ4n) is 2.66. The number of carbonyl (C=O) groups excluding carboxylic acids is 1. The summed E-state index contributed by atoms with van der Waals surface area (Å²) >= 11 is 0. The zero-order valence-corrected chi connectivity index (χ0v) is 15.5. The highest BCUT2D eigenvalue weighted by atomic mass is 16.3. The van der Waals surface area contributed by atoms with Crippen molar-refractivity contribution in [2.75, 3.05) is 5.32 Å². The Morgan fingerprint density at radius 1 is 1.07 bits per heavy atom. The number of carbonyl (C=O) groups is 1. The quantitative estimate of drug-likeness (QED) is 0.690. The van der Waals surface area contributed by atoms with Gasteiger partial charge in [0.25, 0.3) is 0 Å². The van der Waals surface area contributed by atoms with Crippen molar-refractivity contribution in [3.05, 3.63) is 78.1 Å². The van der Waals surface area contributed by atoms with Gasteiger partial charge in [0.15, 0.2) is 5.82 Å². The van der Waals surface area contributed by atoms with Gasteiger partial charge >= 0.3 is 0 Å². The van der Waals surface area contributed by atoms with Gasteiger partial charge in [0.1, 0.15) is 11.8 Å². The zero-order chi connectivity index (χ0) is 19.2.